The molecular formula is C12H12Cl2O2. The number of benzene rings is 1. The van der Waals surface area contributed by atoms with Crippen LogP contribution in [0.15, 0.2) is 18.2 Å². The standard InChI is InChI=1S/C12H12Cl2O2/c13-8-5-6-10(11(14)7-8)12(15)16-9-3-1-2-4-9/h5-7,9H,1-4H2. The first-order chi connectivity index (χ1) is 7.66. The molecule has 0 amide bonds. The molecule has 1 aromatic rings. The van der Waals surface area contributed by atoms with Crippen LogP contribution in [-0.4, -0.2) is 12.1 Å². The molecule has 0 aromatic heterocycles. The summed E-state index contributed by atoms with van der Waals surface area (Å²) in [6.07, 6.45) is 4.23. The van der Waals surface area contributed by atoms with Crippen LogP contribution in [0.4, 0.5) is 0 Å². The molecule has 0 aliphatic heterocycles. The van der Waals surface area contributed by atoms with Crippen LogP contribution in [0, 0.1) is 0 Å². The maximum absolute atomic E-state index is 11.8. The monoisotopic (exact) mass is 258 g/mol. The van der Waals surface area contributed by atoms with E-state index < -0.39 is 0 Å². The van der Waals surface area contributed by atoms with E-state index in [4.69, 9.17) is 27.9 Å². The Balaban J connectivity index is 2.08. The Morgan fingerprint density at radius 1 is 1.25 bits per heavy atom. The van der Waals surface area contributed by atoms with Crippen molar-refractivity contribution in [2.24, 2.45) is 0 Å². The zero-order valence-electron chi connectivity index (χ0n) is 8.71. The number of hydrogen-bond acceptors (Lipinski definition) is 2. The van der Waals surface area contributed by atoms with Gasteiger partial charge in [-0.3, -0.25) is 0 Å². The van der Waals surface area contributed by atoms with E-state index in [1.165, 1.54) is 0 Å². The fourth-order valence-electron chi connectivity index (χ4n) is 1.88. The SMILES string of the molecule is O=C(OC1CCCC1)c1ccc(Cl)cc1Cl. The molecule has 0 radical (unpaired) electrons. The lowest BCUT2D eigenvalue weighted by atomic mass is 10.2. The summed E-state index contributed by atoms with van der Waals surface area (Å²) in [6.45, 7) is 0. The van der Waals surface area contributed by atoms with Gasteiger partial charge in [0.05, 0.1) is 10.6 Å². The van der Waals surface area contributed by atoms with Crippen molar-refractivity contribution in [3.63, 3.8) is 0 Å². The summed E-state index contributed by atoms with van der Waals surface area (Å²) in [5, 5.41) is 0.859. The van der Waals surface area contributed by atoms with E-state index in [0.29, 0.717) is 15.6 Å². The molecule has 0 heterocycles. The van der Waals surface area contributed by atoms with E-state index in [2.05, 4.69) is 0 Å². The minimum atomic E-state index is -0.353. The first-order valence-electron chi connectivity index (χ1n) is 5.33. The molecule has 2 nitrogen and oxygen atoms in total. The molecule has 0 unspecified atom stereocenters. The number of ether oxygens (including phenoxy) is 1. The Morgan fingerprint density at radius 2 is 1.94 bits per heavy atom. The molecule has 16 heavy (non-hydrogen) atoms. The molecule has 1 saturated carbocycles. The quantitative estimate of drug-likeness (QED) is 0.747. The van der Waals surface area contributed by atoms with Gasteiger partial charge in [-0.05, 0) is 43.9 Å². The third kappa shape index (κ3) is 2.69. The summed E-state index contributed by atoms with van der Waals surface area (Å²) in [5.41, 5.74) is 0.387. The Kier molecular flexibility index (Phi) is 3.72. The van der Waals surface area contributed by atoms with Gasteiger partial charge in [-0.25, -0.2) is 4.79 Å². The molecule has 0 N–H and O–H groups in total. The van der Waals surface area contributed by atoms with Gasteiger partial charge < -0.3 is 4.74 Å². The molecule has 2 rings (SSSR count). The smallest absolute Gasteiger partial charge is 0.339 e. The molecule has 0 bridgehead atoms. The van der Waals surface area contributed by atoms with Crippen LogP contribution < -0.4 is 0 Å². The van der Waals surface area contributed by atoms with Crippen LogP contribution in [0.5, 0.6) is 0 Å². The van der Waals surface area contributed by atoms with Crippen LogP contribution in [0.25, 0.3) is 0 Å². The minimum absolute atomic E-state index is 0.0549. The lowest BCUT2D eigenvalue weighted by molar-refractivity contribution is 0.0318. The van der Waals surface area contributed by atoms with Crippen LogP contribution >= 0.6 is 23.2 Å². The second-order valence-corrected chi connectivity index (χ2v) is 4.78. The summed E-state index contributed by atoms with van der Waals surface area (Å²) in [7, 11) is 0. The lowest BCUT2D eigenvalue weighted by Gasteiger charge is -2.11. The average molecular weight is 259 g/mol. The van der Waals surface area contributed by atoms with Crippen molar-refractivity contribution < 1.29 is 9.53 Å². The van der Waals surface area contributed by atoms with Gasteiger partial charge in [0.1, 0.15) is 6.10 Å². The van der Waals surface area contributed by atoms with E-state index in [0.717, 1.165) is 25.7 Å². The highest BCUT2D eigenvalue weighted by Gasteiger charge is 2.21. The number of hydrogen-bond donors (Lipinski definition) is 0. The van der Waals surface area contributed by atoms with Gasteiger partial charge in [-0.15, -0.1) is 0 Å². The molecule has 1 aromatic carbocycles. The van der Waals surface area contributed by atoms with Gasteiger partial charge in [-0.1, -0.05) is 23.2 Å². The van der Waals surface area contributed by atoms with Gasteiger partial charge in [0.25, 0.3) is 0 Å². The predicted molar refractivity (Wildman–Crippen MR) is 64.1 cm³/mol. The zero-order valence-corrected chi connectivity index (χ0v) is 10.2. The molecule has 1 aliphatic rings. The van der Waals surface area contributed by atoms with Crippen molar-refractivity contribution in [3.05, 3.63) is 33.8 Å². The number of halogens is 2. The maximum Gasteiger partial charge on any atom is 0.339 e. The van der Waals surface area contributed by atoms with Crippen molar-refractivity contribution in [1.29, 1.82) is 0 Å². The van der Waals surface area contributed by atoms with Gasteiger partial charge >= 0.3 is 5.97 Å². The van der Waals surface area contributed by atoms with E-state index in [1.807, 2.05) is 0 Å². The van der Waals surface area contributed by atoms with Crippen molar-refractivity contribution in [2.45, 2.75) is 31.8 Å². The van der Waals surface area contributed by atoms with E-state index >= 15 is 0 Å². The highest BCUT2D eigenvalue weighted by atomic mass is 35.5. The van der Waals surface area contributed by atoms with E-state index in [1.54, 1.807) is 18.2 Å². The summed E-state index contributed by atoms with van der Waals surface area (Å²) in [4.78, 5) is 11.8. The van der Waals surface area contributed by atoms with Gasteiger partial charge in [-0.2, -0.15) is 0 Å². The third-order valence-corrected chi connectivity index (χ3v) is 3.27. The zero-order chi connectivity index (χ0) is 11.5. The predicted octanol–water partition coefficient (Wildman–Crippen LogP) is 4.09. The summed E-state index contributed by atoms with van der Waals surface area (Å²) in [6, 6.07) is 4.79. The molecular weight excluding hydrogens is 247 g/mol. The Hall–Kier alpha value is -0.730. The molecule has 0 spiro atoms. The van der Waals surface area contributed by atoms with Crippen molar-refractivity contribution in [2.75, 3.05) is 0 Å². The second kappa shape index (κ2) is 5.07. The average Bonchev–Trinajstić information content (AvgIpc) is 2.70. The number of carbonyl (C=O) groups is 1. The van der Waals surface area contributed by atoms with Gasteiger partial charge in [0.15, 0.2) is 0 Å². The fourth-order valence-corrected chi connectivity index (χ4v) is 2.36. The highest BCUT2D eigenvalue weighted by molar-refractivity contribution is 6.36. The summed E-state index contributed by atoms with van der Waals surface area (Å²) < 4.78 is 5.35. The second-order valence-electron chi connectivity index (χ2n) is 3.94. The van der Waals surface area contributed by atoms with Crippen LogP contribution in [0.3, 0.4) is 0 Å². The summed E-state index contributed by atoms with van der Waals surface area (Å²) in [5.74, 6) is -0.353. The van der Waals surface area contributed by atoms with Gasteiger partial charge in [0.2, 0.25) is 0 Å². The summed E-state index contributed by atoms with van der Waals surface area (Å²) >= 11 is 11.7. The van der Waals surface area contributed by atoms with Crippen LogP contribution in [0.2, 0.25) is 10.0 Å². The fraction of sp³-hybridized carbons (Fsp3) is 0.417. The molecule has 0 atom stereocenters. The van der Waals surface area contributed by atoms with E-state index in [9.17, 15) is 4.79 Å². The number of rotatable bonds is 2. The maximum atomic E-state index is 11.8. The lowest BCUT2D eigenvalue weighted by Crippen LogP contribution is -2.15. The first kappa shape index (κ1) is 11.7. The Labute approximate surface area is 104 Å². The molecule has 0 saturated heterocycles. The largest absolute Gasteiger partial charge is 0.459 e. The topological polar surface area (TPSA) is 26.3 Å². The van der Waals surface area contributed by atoms with Crippen LogP contribution in [0.1, 0.15) is 36.0 Å². The van der Waals surface area contributed by atoms with Crippen LogP contribution in [-0.2, 0) is 4.74 Å². The molecule has 1 fully saturated rings. The van der Waals surface area contributed by atoms with E-state index in [-0.39, 0.29) is 12.1 Å². The number of esters is 1. The Bertz CT molecular complexity index is 398. The third-order valence-electron chi connectivity index (χ3n) is 2.73. The molecule has 1 aliphatic carbocycles. The minimum Gasteiger partial charge on any atom is -0.459 e. The Morgan fingerprint density at radius 3 is 2.56 bits per heavy atom. The highest BCUT2D eigenvalue weighted by Crippen LogP contribution is 2.25. The first-order valence-corrected chi connectivity index (χ1v) is 6.08. The molecule has 4 heteroatoms. The molecule has 86 valence electrons. The van der Waals surface area contributed by atoms with Gasteiger partial charge in [0, 0.05) is 5.02 Å². The normalized spacial score (nSPS) is 16.4. The number of carbonyl (C=O) groups excluding carboxylic acids is 1. The van der Waals surface area contributed by atoms with Crippen molar-refractivity contribution >= 4 is 29.2 Å². The van der Waals surface area contributed by atoms with Crippen molar-refractivity contribution in [1.82, 2.24) is 0 Å². The van der Waals surface area contributed by atoms with Crippen molar-refractivity contribution in [3.8, 4) is 0 Å².